The minimum absolute atomic E-state index is 0.389. The molecule has 2 heteroatoms. The summed E-state index contributed by atoms with van der Waals surface area (Å²) in [4.78, 5) is 0. The smallest absolute Gasteiger partial charge is 0.119 e. The molecule has 0 amide bonds. The lowest BCUT2D eigenvalue weighted by atomic mass is 9.68. The highest BCUT2D eigenvalue weighted by Crippen LogP contribution is 2.45. The van der Waals surface area contributed by atoms with E-state index in [1.807, 2.05) is 6.92 Å². The average molecular weight is 289 g/mol. The van der Waals surface area contributed by atoms with Gasteiger partial charge in [-0.2, -0.15) is 0 Å². The third kappa shape index (κ3) is 4.23. The second-order valence-corrected chi connectivity index (χ2v) is 6.60. The van der Waals surface area contributed by atoms with Gasteiger partial charge in [-0.1, -0.05) is 45.2 Å². The van der Waals surface area contributed by atoms with Crippen molar-refractivity contribution in [2.24, 2.45) is 5.41 Å². The monoisotopic (exact) mass is 289 g/mol. The van der Waals surface area contributed by atoms with Gasteiger partial charge in [0.2, 0.25) is 0 Å². The first-order chi connectivity index (χ1) is 10.2. The first-order valence-corrected chi connectivity index (χ1v) is 8.66. The van der Waals surface area contributed by atoms with Gasteiger partial charge in [-0.05, 0) is 55.8 Å². The Morgan fingerprint density at radius 2 is 1.76 bits per heavy atom. The maximum Gasteiger partial charge on any atom is 0.119 e. The standard InChI is InChI=1S/C19H31NO/c1-4-15-20-18(19(3)13-7-6-8-14-19)16-9-11-17(12-10-16)21-5-2/h9-12,18,20H,4-8,13-15H2,1-3H3. The second kappa shape index (κ2) is 7.84. The summed E-state index contributed by atoms with van der Waals surface area (Å²) in [5.74, 6) is 0.976. The fourth-order valence-corrected chi connectivity index (χ4v) is 3.63. The van der Waals surface area contributed by atoms with E-state index in [1.54, 1.807) is 0 Å². The predicted molar refractivity (Wildman–Crippen MR) is 89.8 cm³/mol. The predicted octanol–water partition coefficient (Wildman–Crippen LogP) is 5.10. The highest BCUT2D eigenvalue weighted by Gasteiger charge is 2.35. The first-order valence-electron chi connectivity index (χ1n) is 8.66. The summed E-state index contributed by atoms with van der Waals surface area (Å²) in [5, 5.41) is 3.81. The first kappa shape index (κ1) is 16.4. The zero-order valence-electron chi connectivity index (χ0n) is 14.0. The van der Waals surface area contributed by atoms with Crippen molar-refractivity contribution in [3.8, 4) is 5.75 Å². The van der Waals surface area contributed by atoms with Crippen LogP contribution in [0, 0.1) is 5.41 Å². The van der Waals surface area contributed by atoms with Gasteiger partial charge in [0.15, 0.2) is 0 Å². The van der Waals surface area contributed by atoms with Crippen molar-refractivity contribution < 1.29 is 4.74 Å². The molecular weight excluding hydrogens is 258 g/mol. The van der Waals surface area contributed by atoms with Gasteiger partial charge in [-0.15, -0.1) is 0 Å². The molecule has 1 N–H and O–H groups in total. The lowest BCUT2D eigenvalue weighted by molar-refractivity contribution is 0.144. The van der Waals surface area contributed by atoms with E-state index in [0.717, 1.165) is 18.9 Å². The maximum absolute atomic E-state index is 5.57. The summed E-state index contributed by atoms with van der Waals surface area (Å²) in [6, 6.07) is 9.20. The lowest BCUT2D eigenvalue weighted by Gasteiger charge is -2.41. The van der Waals surface area contributed by atoms with Crippen LogP contribution < -0.4 is 10.1 Å². The highest BCUT2D eigenvalue weighted by molar-refractivity contribution is 5.30. The molecule has 1 saturated carbocycles. The number of ether oxygens (including phenoxy) is 1. The van der Waals surface area contributed by atoms with Crippen LogP contribution in [-0.4, -0.2) is 13.2 Å². The Bertz CT molecular complexity index is 406. The lowest BCUT2D eigenvalue weighted by Crippen LogP contribution is -2.38. The molecule has 1 aliphatic carbocycles. The van der Waals surface area contributed by atoms with Crippen molar-refractivity contribution in [1.82, 2.24) is 5.32 Å². The molecule has 1 aliphatic rings. The van der Waals surface area contributed by atoms with E-state index in [9.17, 15) is 0 Å². The van der Waals surface area contributed by atoms with Gasteiger partial charge in [0.25, 0.3) is 0 Å². The van der Waals surface area contributed by atoms with Crippen LogP contribution in [0.5, 0.6) is 5.75 Å². The van der Waals surface area contributed by atoms with Crippen molar-refractivity contribution in [2.45, 2.75) is 65.3 Å². The number of hydrogen-bond donors (Lipinski definition) is 1. The maximum atomic E-state index is 5.57. The van der Waals surface area contributed by atoms with Crippen LogP contribution in [0.15, 0.2) is 24.3 Å². The molecule has 1 aromatic rings. The third-order valence-electron chi connectivity index (χ3n) is 4.82. The summed E-state index contributed by atoms with van der Waals surface area (Å²) < 4.78 is 5.57. The molecular formula is C19H31NO. The highest BCUT2D eigenvalue weighted by atomic mass is 16.5. The molecule has 1 fully saturated rings. The van der Waals surface area contributed by atoms with Crippen LogP contribution >= 0.6 is 0 Å². The molecule has 0 radical (unpaired) electrons. The Morgan fingerprint density at radius 3 is 2.33 bits per heavy atom. The van der Waals surface area contributed by atoms with Crippen LogP contribution in [-0.2, 0) is 0 Å². The average Bonchev–Trinajstić information content (AvgIpc) is 2.50. The topological polar surface area (TPSA) is 21.3 Å². The van der Waals surface area contributed by atoms with Gasteiger partial charge in [0.05, 0.1) is 6.61 Å². The van der Waals surface area contributed by atoms with Crippen LogP contribution in [0.25, 0.3) is 0 Å². The van der Waals surface area contributed by atoms with E-state index in [1.165, 1.54) is 44.1 Å². The molecule has 1 unspecified atom stereocenters. The van der Waals surface area contributed by atoms with Gasteiger partial charge >= 0.3 is 0 Å². The minimum atomic E-state index is 0.389. The van der Waals surface area contributed by atoms with Gasteiger partial charge in [-0.3, -0.25) is 0 Å². The zero-order chi connectivity index (χ0) is 15.1. The Labute approximate surface area is 130 Å². The molecule has 1 aromatic carbocycles. The molecule has 0 saturated heterocycles. The minimum Gasteiger partial charge on any atom is -0.494 e. The molecule has 21 heavy (non-hydrogen) atoms. The Hall–Kier alpha value is -1.02. The van der Waals surface area contributed by atoms with Crippen LogP contribution in [0.1, 0.15) is 70.9 Å². The number of benzene rings is 1. The summed E-state index contributed by atoms with van der Waals surface area (Å²) in [5.41, 5.74) is 1.80. The largest absolute Gasteiger partial charge is 0.494 e. The van der Waals surface area contributed by atoms with Gasteiger partial charge in [0, 0.05) is 6.04 Å². The van der Waals surface area contributed by atoms with Gasteiger partial charge in [0.1, 0.15) is 5.75 Å². The van der Waals surface area contributed by atoms with Crippen molar-refractivity contribution in [3.05, 3.63) is 29.8 Å². The van der Waals surface area contributed by atoms with Gasteiger partial charge < -0.3 is 10.1 Å². The van der Waals surface area contributed by atoms with E-state index in [2.05, 4.69) is 43.4 Å². The SMILES string of the molecule is CCCNC(c1ccc(OCC)cc1)C1(C)CCCCC1. The molecule has 0 heterocycles. The molecule has 0 aliphatic heterocycles. The van der Waals surface area contributed by atoms with E-state index in [0.29, 0.717) is 11.5 Å². The van der Waals surface area contributed by atoms with E-state index in [4.69, 9.17) is 4.74 Å². The number of nitrogens with one attached hydrogen (secondary N) is 1. The second-order valence-electron chi connectivity index (χ2n) is 6.60. The molecule has 1 atom stereocenters. The van der Waals surface area contributed by atoms with Crippen LogP contribution in [0.4, 0.5) is 0 Å². The quantitative estimate of drug-likeness (QED) is 0.754. The Balaban J connectivity index is 2.17. The summed E-state index contributed by atoms with van der Waals surface area (Å²) in [6.45, 7) is 8.56. The summed E-state index contributed by atoms with van der Waals surface area (Å²) in [7, 11) is 0. The third-order valence-corrected chi connectivity index (χ3v) is 4.82. The molecule has 0 bridgehead atoms. The van der Waals surface area contributed by atoms with E-state index >= 15 is 0 Å². The fraction of sp³-hybridized carbons (Fsp3) is 0.684. The summed E-state index contributed by atoms with van der Waals surface area (Å²) in [6.07, 6.45) is 8.00. The van der Waals surface area contributed by atoms with Crippen molar-refractivity contribution in [2.75, 3.05) is 13.2 Å². The normalized spacial score (nSPS) is 19.2. The van der Waals surface area contributed by atoms with Crippen molar-refractivity contribution in [3.63, 3.8) is 0 Å². The van der Waals surface area contributed by atoms with Crippen molar-refractivity contribution >= 4 is 0 Å². The zero-order valence-corrected chi connectivity index (χ0v) is 14.0. The van der Waals surface area contributed by atoms with Gasteiger partial charge in [-0.25, -0.2) is 0 Å². The molecule has 0 aromatic heterocycles. The van der Waals surface area contributed by atoms with Crippen LogP contribution in [0.2, 0.25) is 0 Å². The number of rotatable bonds is 7. The summed E-state index contributed by atoms with van der Waals surface area (Å²) >= 11 is 0. The molecule has 118 valence electrons. The molecule has 2 rings (SSSR count). The number of hydrogen-bond acceptors (Lipinski definition) is 2. The molecule has 2 nitrogen and oxygen atoms in total. The Kier molecular flexibility index (Phi) is 6.10. The molecule has 0 spiro atoms. The van der Waals surface area contributed by atoms with E-state index in [-0.39, 0.29) is 0 Å². The fourth-order valence-electron chi connectivity index (χ4n) is 3.63. The van der Waals surface area contributed by atoms with E-state index < -0.39 is 0 Å². The Morgan fingerprint density at radius 1 is 1.10 bits per heavy atom. The van der Waals surface area contributed by atoms with Crippen LogP contribution in [0.3, 0.4) is 0 Å². The van der Waals surface area contributed by atoms with Crippen molar-refractivity contribution in [1.29, 1.82) is 0 Å².